The summed E-state index contributed by atoms with van der Waals surface area (Å²) in [6.45, 7) is 5.09. The van der Waals surface area contributed by atoms with E-state index in [9.17, 15) is 4.79 Å². The van der Waals surface area contributed by atoms with Gasteiger partial charge in [0.15, 0.2) is 0 Å². The number of anilines is 1. The standard InChI is InChI=1S/C12H19N3O3/c1-5-15(7-6-11(16)18-4)12-13-9(2)8-10(14-12)17-3/h8H,5-7H2,1-4H3. The number of aromatic nitrogens is 2. The van der Waals surface area contributed by atoms with Crippen LogP contribution in [0.15, 0.2) is 6.07 Å². The van der Waals surface area contributed by atoms with Gasteiger partial charge in [0.25, 0.3) is 0 Å². The lowest BCUT2D eigenvalue weighted by molar-refractivity contribution is -0.140. The number of carbonyl (C=O) groups excluding carboxylic acids is 1. The van der Waals surface area contributed by atoms with Gasteiger partial charge in [0.2, 0.25) is 11.8 Å². The third-order valence-electron chi connectivity index (χ3n) is 2.51. The van der Waals surface area contributed by atoms with Gasteiger partial charge in [-0.05, 0) is 13.8 Å². The molecule has 0 saturated heterocycles. The summed E-state index contributed by atoms with van der Waals surface area (Å²) in [5.41, 5.74) is 0.827. The van der Waals surface area contributed by atoms with Crippen LogP contribution in [0.25, 0.3) is 0 Å². The molecule has 0 saturated carbocycles. The Hall–Kier alpha value is -1.85. The van der Waals surface area contributed by atoms with Crippen molar-refractivity contribution in [2.45, 2.75) is 20.3 Å². The molecule has 1 aromatic rings. The third-order valence-corrected chi connectivity index (χ3v) is 2.51. The van der Waals surface area contributed by atoms with Gasteiger partial charge < -0.3 is 14.4 Å². The molecule has 0 unspecified atom stereocenters. The van der Waals surface area contributed by atoms with Crippen LogP contribution in [-0.4, -0.2) is 43.2 Å². The summed E-state index contributed by atoms with van der Waals surface area (Å²) in [7, 11) is 2.95. The van der Waals surface area contributed by atoms with E-state index in [0.717, 1.165) is 5.69 Å². The lowest BCUT2D eigenvalue weighted by Crippen LogP contribution is -2.28. The number of rotatable bonds is 6. The van der Waals surface area contributed by atoms with Crippen LogP contribution < -0.4 is 9.64 Å². The Kier molecular flexibility index (Phi) is 5.35. The van der Waals surface area contributed by atoms with Crippen LogP contribution in [0.3, 0.4) is 0 Å². The molecule has 1 rings (SSSR count). The van der Waals surface area contributed by atoms with Gasteiger partial charge >= 0.3 is 5.97 Å². The van der Waals surface area contributed by atoms with E-state index in [0.29, 0.717) is 31.3 Å². The fourth-order valence-corrected chi connectivity index (χ4v) is 1.50. The zero-order chi connectivity index (χ0) is 13.5. The maximum atomic E-state index is 11.1. The molecular formula is C12H19N3O3. The van der Waals surface area contributed by atoms with E-state index in [1.807, 2.05) is 18.7 Å². The second-order valence-corrected chi connectivity index (χ2v) is 3.76. The predicted octanol–water partition coefficient (Wildman–Crippen LogP) is 1.18. The smallest absolute Gasteiger partial charge is 0.307 e. The van der Waals surface area contributed by atoms with Crippen LogP contribution in [0, 0.1) is 6.92 Å². The number of hydrogen-bond donors (Lipinski definition) is 0. The number of esters is 1. The number of aryl methyl sites for hydroxylation is 1. The molecular weight excluding hydrogens is 234 g/mol. The minimum Gasteiger partial charge on any atom is -0.481 e. The van der Waals surface area contributed by atoms with E-state index >= 15 is 0 Å². The first-order valence-corrected chi connectivity index (χ1v) is 5.82. The summed E-state index contributed by atoms with van der Waals surface area (Å²) >= 11 is 0. The lowest BCUT2D eigenvalue weighted by atomic mass is 10.4. The van der Waals surface area contributed by atoms with E-state index < -0.39 is 0 Å². The molecule has 1 aromatic heterocycles. The van der Waals surface area contributed by atoms with Crippen molar-refractivity contribution in [3.8, 4) is 5.88 Å². The van der Waals surface area contributed by atoms with Gasteiger partial charge in [-0.15, -0.1) is 0 Å². The quantitative estimate of drug-likeness (QED) is 0.709. The molecule has 0 amide bonds. The Morgan fingerprint density at radius 2 is 2.11 bits per heavy atom. The molecule has 100 valence electrons. The summed E-state index contributed by atoms with van der Waals surface area (Å²) in [5, 5.41) is 0. The average Bonchev–Trinajstić information content (AvgIpc) is 2.38. The van der Waals surface area contributed by atoms with Crippen molar-refractivity contribution in [2.75, 3.05) is 32.2 Å². The van der Waals surface area contributed by atoms with E-state index in [4.69, 9.17) is 4.74 Å². The van der Waals surface area contributed by atoms with Crippen molar-refractivity contribution in [3.05, 3.63) is 11.8 Å². The highest BCUT2D eigenvalue weighted by Gasteiger charge is 2.12. The van der Waals surface area contributed by atoms with E-state index in [-0.39, 0.29) is 5.97 Å². The predicted molar refractivity (Wildman–Crippen MR) is 67.8 cm³/mol. The molecule has 0 fully saturated rings. The highest BCUT2D eigenvalue weighted by molar-refractivity contribution is 5.69. The molecule has 0 bridgehead atoms. The molecule has 0 atom stereocenters. The van der Waals surface area contributed by atoms with Crippen molar-refractivity contribution in [1.82, 2.24) is 9.97 Å². The molecule has 6 nitrogen and oxygen atoms in total. The summed E-state index contributed by atoms with van der Waals surface area (Å²) in [6.07, 6.45) is 0.309. The second kappa shape index (κ2) is 6.78. The molecule has 0 aliphatic heterocycles. The molecule has 0 radical (unpaired) electrons. The van der Waals surface area contributed by atoms with Gasteiger partial charge in [-0.1, -0.05) is 0 Å². The van der Waals surface area contributed by atoms with E-state index in [1.54, 1.807) is 13.2 Å². The molecule has 18 heavy (non-hydrogen) atoms. The zero-order valence-electron chi connectivity index (χ0n) is 11.3. The largest absolute Gasteiger partial charge is 0.481 e. The number of hydrogen-bond acceptors (Lipinski definition) is 6. The number of carbonyl (C=O) groups is 1. The topological polar surface area (TPSA) is 64.6 Å². The monoisotopic (exact) mass is 253 g/mol. The van der Waals surface area contributed by atoms with Gasteiger partial charge in [0, 0.05) is 24.8 Å². The van der Waals surface area contributed by atoms with Crippen LogP contribution in [0.2, 0.25) is 0 Å². The maximum Gasteiger partial charge on any atom is 0.307 e. The number of nitrogens with zero attached hydrogens (tertiary/aromatic N) is 3. The van der Waals surface area contributed by atoms with Crippen molar-refractivity contribution >= 4 is 11.9 Å². The second-order valence-electron chi connectivity index (χ2n) is 3.76. The fraction of sp³-hybridized carbons (Fsp3) is 0.583. The molecule has 0 N–H and O–H groups in total. The Morgan fingerprint density at radius 1 is 1.39 bits per heavy atom. The molecule has 0 aliphatic carbocycles. The molecule has 0 spiro atoms. The summed E-state index contributed by atoms with van der Waals surface area (Å²) in [4.78, 5) is 21.7. The van der Waals surface area contributed by atoms with Crippen LogP contribution in [-0.2, 0) is 9.53 Å². The van der Waals surface area contributed by atoms with E-state index in [1.165, 1.54) is 7.11 Å². The minimum absolute atomic E-state index is 0.243. The van der Waals surface area contributed by atoms with Gasteiger partial charge in [0.1, 0.15) is 0 Å². The highest BCUT2D eigenvalue weighted by Crippen LogP contribution is 2.15. The Morgan fingerprint density at radius 3 is 2.67 bits per heavy atom. The maximum absolute atomic E-state index is 11.1. The normalized spacial score (nSPS) is 10.0. The van der Waals surface area contributed by atoms with Gasteiger partial charge in [-0.25, -0.2) is 4.98 Å². The molecule has 0 aliphatic rings. The summed E-state index contributed by atoms with van der Waals surface area (Å²) in [6, 6.07) is 1.76. The van der Waals surface area contributed by atoms with E-state index in [2.05, 4.69) is 14.7 Å². The first-order chi connectivity index (χ1) is 8.60. The van der Waals surface area contributed by atoms with Crippen molar-refractivity contribution in [2.24, 2.45) is 0 Å². The fourth-order valence-electron chi connectivity index (χ4n) is 1.50. The Balaban J connectivity index is 2.80. The van der Waals surface area contributed by atoms with Crippen molar-refractivity contribution in [1.29, 1.82) is 0 Å². The molecule has 0 aromatic carbocycles. The lowest BCUT2D eigenvalue weighted by Gasteiger charge is -2.20. The van der Waals surface area contributed by atoms with Crippen molar-refractivity contribution < 1.29 is 14.3 Å². The molecule has 6 heteroatoms. The zero-order valence-corrected chi connectivity index (χ0v) is 11.3. The van der Waals surface area contributed by atoms with Gasteiger partial charge in [-0.2, -0.15) is 4.98 Å². The van der Waals surface area contributed by atoms with Crippen LogP contribution in [0.1, 0.15) is 19.0 Å². The Labute approximate surface area is 107 Å². The summed E-state index contributed by atoms with van der Waals surface area (Å²) < 4.78 is 9.73. The average molecular weight is 253 g/mol. The first-order valence-electron chi connectivity index (χ1n) is 5.82. The van der Waals surface area contributed by atoms with Crippen molar-refractivity contribution in [3.63, 3.8) is 0 Å². The van der Waals surface area contributed by atoms with Crippen LogP contribution in [0.4, 0.5) is 5.95 Å². The van der Waals surface area contributed by atoms with Crippen LogP contribution >= 0.6 is 0 Å². The Bertz CT molecular complexity index is 410. The number of methoxy groups -OCH3 is 2. The minimum atomic E-state index is -0.243. The molecule has 1 heterocycles. The van der Waals surface area contributed by atoms with Gasteiger partial charge in [-0.3, -0.25) is 4.79 Å². The highest BCUT2D eigenvalue weighted by atomic mass is 16.5. The number of ether oxygens (including phenoxy) is 2. The third kappa shape index (κ3) is 3.87. The first kappa shape index (κ1) is 14.2. The summed E-state index contributed by atoms with van der Waals surface area (Å²) in [5.74, 6) is 0.848. The van der Waals surface area contributed by atoms with Gasteiger partial charge in [0.05, 0.1) is 20.6 Å². The SMILES string of the molecule is CCN(CCC(=O)OC)c1nc(C)cc(OC)n1. The van der Waals surface area contributed by atoms with Crippen LogP contribution in [0.5, 0.6) is 5.88 Å².